The van der Waals surface area contributed by atoms with Gasteiger partial charge in [0.05, 0.1) is 5.69 Å². The maximum Gasteiger partial charge on any atom is 0.249 e. The van der Waals surface area contributed by atoms with Crippen LogP contribution in [0, 0.1) is 6.92 Å². The zero-order valence-electron chi connectivity index (χ0n) is 19.1. The summed E-state index contributed by atoms with van der Waals surface area (Å²) in [4.78, 5) is 4.11. The summed E-state index contributed by atoms with van der Waals surface area (Å²) in [6.45, 7) is 5.81. The van der Waals surface area contributed by atoms with Crippen LogP contribution in [0.5, 0.6) is 0 Å². The summed E-state index contributed by atoms with van der Waals surface area (Å²) < 4.78 is 31.0. The van der Waals surface area contributed by atoms with Crippen LogP contribution in [0.15, 0.2) is 104 Å². The van der Waals surface area contributed by atoms with Gasteiger partial charge in [-0.1, -0.05) is 42.0 Å². The van der Waals surface area contributed by atoms with Crippen LogP contribution in [-0.2, 0) is 17.1 Å². The van der Waals surface area contributed by atoms with Crippen molar-refractivity contribution >= 4 is 20.9 Å². The fourth-order valence-electron chi connectivity index (χ4n) is 4.42. The van der Waals surface area contributed by atoms with Gasteiger partial charge in [0.15, 0.2) is 0 Å². The predicted octanol–water partition coefficient (Wildman–Crippen LogP) is 6.12. The fourth-order valence-corrected chi connectivity index (χ4v) is 6.09. The Morgan fingerprint density at radius 2 is 1.71 bits per heavy atom. The predicted molar refractivity (Wildman–Crippen MR) is 138 cm³/mol. The van der Waals surface area contributed by atoms with Gasteiger partial charge in [-0.05, 0) is 60.0 Å². The molecule has 2 aromatic carbocycles. The van der Waals surface area contributed by atoms with Crippen molar-refractivity contribution in [3.8, 4) is 22.4 Å². The molecule has 0 spiro atoms. The van der Waals surface area contributed by atoms with Gasteiger partial charge in [-0.25, -0.2) is 12.4 Å². The van der Waals surface area contributed by atoms with E-state index in [1.54, 1.807) is 24.7 Å². The van der Waals surface area contributed by atoms with E-state index < -0.39 is 15.3 Å². The molecule has 0 radical (unpaired) electrons. The second-order valence-corrected chi connectivity index (χ2v) is 10.4. The lowest BCUT2D eigenvalue weighted by Gasteiger charge is -2.18. The first-order valence-corrected chi connectivity index (χ1v) is 12.5. The third-order valence-corrected chi connectivity index (χ3v) is 8.18. The summed E-state index contributed by atoms with van der Waals surface area (Å²) in [6, 6.07) is 21.3. The molecule has 0 aliphatic heterocycles. The first-order valence-electron chi connectivity index (χ1n) is 11.0. The minimum Gasteiger partial charge on any atom is -0.350 e. The molecule has 3 aromatic heterocycles. The van der Waals surface area contributed by atoms with E-state index in [0.29, 0.717) is 11.3 Å². The van der Waals surface area contributed by atoms with Crippen LogP contribution in [0.25, 0.3) is 33.3 Å². The highest BCUT2D eigenvalue weighted by atomic mass is 32.2. The van der Waals surface area contributed by atoms with Crippen LogP contribution in [0.2, 0.25) is 0 Å². The average molecular weight is 468 g/mol. The second-order valence-electron chi connectivity index (χ2n) is 8.42. The Kier molecular flexibility index (Phi) is 5.46. The quantitative estimate of drug-likeness (QED) is 0.283. The summed E-state index contributed by atoms with van der Waals surface area (Å²) >= 11 is 0. The second kappa shape index (κ2) is 8.47. The van der Waals surface area contributed by atoms with Crippen molar-refractivity contribution in [2.24, 2.45) is 7.05 Å². The monoisotopic (exact) mass is 467 g/mol. The Hall–Kier alpha value is -3.90. The van der Waals surface area contributed by atoms with E-state index in [2.05, 4.69) is 29.8 Å². The van der Waals surface area contributed by atoms with E-state index in [1.807, 2.05) is 67.2 Å². The molecule has 0 saturated carbocycles. The molecule has 0 aliphatic carbocycles. The molecule has 0 saturated heterocycles. The molecule has 5 rings (SSSR count). The summed E-state index contributed by atoms with van der Waals surface area (Å²) in [5, 5.41) is 0.124. The Morgan fingerprint density at radius 1 is 0.971 bits per heavy atom. The van der Waals surface area contributed by atoms with Crippen molar-refractivity contribution in [1.29, 1.82) is 0 Å². The molecule has 6 heteroatoms. The third kappa shape index (κ3) is 3.66. The van der Waals surface area contributed by atoms with Gasteiger partial charge in [-0.2, -0.15) is 0 Å². The maximum atomic E-state index is 13.8. The van der Waals surface area contributed by atoms with Gasteiger partial charge in [0.2, 0.25) is 10.0 Å². The van der Waals surface area contributed by atoms with E-state index in [9.17, 15) is 8.42 Å². The summed E-state index contributed by atoms with van der Waals surface area (Å²) in [7, 11) is -1.82. The lowest BCUT2D eigenvalue weighted by atomic mass is 10.0. The summed E-state index contributed by atoms with van der Waals surface area (Å²) in [5.41, 5.74) is 6.37. The van der Waals surface area contributed by atoms with E-state index in [4.69, 9.17) is 0 Å². The number of aromatic nitrogens is 3. The number of pyridine rings is 1. The molecule has 170 valence electrons. The molecule has 34 heavy (non-hydrogen) atoms. The van der Waals surface area contributed by atoms with Crippen molar-refractivity contribution in [2.45, 2.75) is 12.2 Å². The van der Waals surface area contributed by atoms with Crippen molar-refractivity contribution in [2.75, 3.05) is 0 Å². The molecule has 1 atom stereocenters. The van der Waals surface area contributed by atoms with Gasteiger partial charge in [-0.3, -0.25) is 4.98 Å². The molecule has 0 aliphatic rings. The molecule has 0 bridgehead atoms. The molecular formula is C28H25N3O2S. The lowest BCUT2D eigenvalue weighted by Crippen LogP contribution is -2.20. The molecule has 0 amide bonds. The number of hydrogen-bond donors (Lipinski definition) is 0. The SMILES string of the molecule is C=CC(c1ccc(C)cc1)S(=O)(=O)n1cccc1-c1cn(C)c2ccc(-c3ccncc3)cc12. The Morgan fingerprint density at radius 3 is 2.41 bits per heavy atom. The average Bonchev–Trinajstić information content (AvgIpc) is 3.46. The number of fused-ring (bicyclic) bond motifs is 1. The van der Waals surface area contributed by atoms with Crippen LogP contribution in [0.3, 0.4) is 0 Å². The molecule has 5 aromatic rings. The van der Waals surface area contributed by atoms with Crippen molar-refractivity contribution in [1.82, 2.24) is 13.5 Å². The molecule has 3 heterocycles. The van der Waals surface area contributed by atoms with Crippen LogP contribution in [0.4, 0.5) is 0 Å². The van der Waals surface area contributed by atoms with Gasteiger partial charge in [0, 0.05) is 48.3 Å². The van der Waals surface area contributed by atoms with Gasteiger partial charge in [-0.15, -0.1) is 6.58 Å². The summed E-state index contributed by atoms with van der Waals surface area (Å²) in [6.07, 6.45) is 8.62. The van der Waals surface area contributed by atoms with Crippen LogP contribution >= 0.6 is 0 Å². The maximum absolute atomic E-state index is 13.8. The zero-order valence-corrected chi connectivity index (χ0v) is 19.9. The topological polar surface area (TPSA) is 56.9 Å². The standard InChI is InChI=1S/C28H25N3O2S/c1-4-28(22-9-7-20(2)8-10-22)34(32,33)31-17-5-6-27(31)25-19-30(3)26-12-11-23(18-24(25)26)21-13-15-29-16-14-21/h4-19,28H,1H2,2-3H3. The summed E-state index contributed by atoms with van der Waals surface area (Å²) in [5.74, 6) is 0. The van der Waals surface area contributed by atoms with E-state index in [-0.39, 0.29) is 0 Å². The van der Waals surface area contributed by atoms with Crippen LogP contribution < -0.4 is 0 Å². The van der Waals surface area contributed by atoms with Gasteiger partial charge < -0.3 is 4.57 Å². The molecule has 0 fully saturated rings. The van der Waals surface area contributed by atoms with Crippen molar-refractivity contribution < 1.29 is 8.42 Å². The molecular weight excluding hydrogens is 442 g/mol. The van der Waals surface area contributed by atoms with Crippen LogP contribution in [-0.4, -0.2) is 21.9 Å². The highest BCUT2D eigenvalue weighted by molar-refractivity contribution is 7.90. The Bertz CT molecular complexity index is 1600. The van der Waals surface area contributed by atoms with E-state index in [1.165, 1.54) is 10.0 Å². The fraction of sp³-hybridized carbons (Fsp3) is 0.107. The first kappa shape index (κ1) is 21.9. The van der Waals surface area contributed by atoms with Gasteiger partial charge >= 0.3 is 0 Å². The highest BCUT2D eigenvalue weighted by Gasteiger charge is 2.28. The number of hydrogen-bond acceptors (Lipinski definition) is 3. The minimum atomic E-state index is -3.79. The number of benzene rings is 2. The van der Waals surface area contributed by atoms with Crippen molar-refractivity contribution in [3.05, 3.63) is 115 Å². The minimum absolute atomic E-state index is 0.622. The zero-order chi connectivity index (χ0) is 23.9. The van der Waals surface area contributed by atoms with Crippen molar-refractivity contribution in [3.63, 3.8) is 0 Å². The first-order chi connectivity index (χ1) is 16.4. The number of aryl methyl sites for hydroxylation is 2. The highest BCUT2D eigenvalue weighted by Crippen LogP contribution is 2.36. The van der Waals surface area contributed by atoms with E-state index in [0.717, 1.165) is 33.2 Å². The van der Waals surface area contributed by atoms with Crippen LogP contribution in [0.1, 0.15) is 16.4 Å². The number of nitrogens with zero attached hydrogens (tertiary/aromatic N) is 3. The molecule has 0 N–H and O–H groups in total. The largest absolute Gasteiger partial charge is 0.350 e. The molecule has 1 unspecified atom stereocenters. The lowest BCUT2D eigenvalue weighted by molar-refractivity contribution is 0.582. The number of rotatable bonds is 6. The molecule has 5 nitrogen and oxygen atoms in total. The normalized spacial score (nSPS) is 12.6. The Balaban J connectivity index is 1.66. The van der Waals surface area contributed by atoms with E-state index >= 15 is 0 Å². The smallest absolute Gasteiger partial charge is 0.249 e. The van der Waals surface area contributed by atoms with Gasteiger partial charge in [0.1, 0.15) is 5.25 Å². The Labute approximate surface area is 199 Å². The third-order valence-electron chi connectivity index (χ3n) is 6.21. The van der Waals surface area contributed by atoms with Gasteiger partial charge in [0.25, 0.3) is 0 Å².